The van der Waals surface area contributed by atoms with E-state index in [9.17, 15) is 9.59 Å². The van der Waals surface area contributed by atoms with Crippen LogP contribution in [0.4, 0.5) is 0 Å². The highest BCUT2D eigenvalue weighted by Crippen LogP contribution is 2.21. The molecule has 1 aliphatic carbocycles. The molecule has 0 aromatic carbocycles. The highest BCUT2D eigenvalue weighted by Gasteiger charge is 2.10. The molecule has 1 amide bonds. The fourth-order valence-electron chi connectivity index (χ4n) is 1.62. The maximum Gasteiger partial charge on any atom is 0.217 e. The molecule has 0 atom stereocenters. The van der Waals surface area contributed by atoms with E-state index in [1.807, 2.05) is 20.8 Å². The van der Waals surface area contributed by atoms with Crippen LogP contribution in [0.5, 0.6) is 0 Å². The summed E-state index contributed by atoms with van der Waals surface area (Å²) in [6.07, 6.45) is 9.78. The maximum atomic E-state index is 10.2. The van der Waals surface area contributed by atoms with E-state index >= 15 is 0 Å². The van der Waals surface area contributed by atoms with Gasteiger partial charge in [-0.1, -0.05) is 46.5 Å². The lowest BCUT2D eigenvalue weighted by Gasteiger charge is -2.14. The molecule has 0 bridgehead atoms. The van der Waals surface area contributed by atoms with Gasteiger partial charge in [-0.3, -0.25) is 4.79 Å². The van der Waals surface area contributed by atoms with Crippen molar-refractivity contribution in [1.82, 2.24) is 0 Å². The van der Waals surface area contributed by atoms with Gasteiger partial charge in [0.25, 0.3) is 0 Å². The smallest absolute Gasteiger partial charge is 0.217 e. The molecule has 2 N–H and O–H groups in total. The van der Waals surface area contributed by atoms with Crippen LogP contribution in [0.25, 0.3) is 0 Å². The van der Waals surface area contributed by atoms with Gasteiger partial charge in [-0.15, -0.1) is 0 Å². The normalized spacial score (nSPS) is 14.8. The van der Waals surface area contributed by atoms with Crippen LogP contribution < -0.4 is 5.73 Å². The van der Waals surface area contributed by atoms with Crippen molar-refractivity contribution in [2.45, 2.75) is 72.1 Å². The number of nitrogens with two attached hydrogens (primary N) is 1. The number of primary amides is 1. The molecule has 0 aromatic rings. The molecule has 3 nitrogen and oxygen atoms in total. The first-order valence-corrected chi connectivity index (χ1v) is 6.94. The first kappa shape index (κ1) is 18.5. The largest absolute Gasteiger partial charge is 0.370 e. The van der Waals surface area contributed by atoms with E-state index in [2.05, 4.69) is 0 Å². The topological polar surface area (TPSA) is 60.2 Å². The van der Waals surface area contributed by atoms with Gasteiger partial charge in [0.1, 0.15) is 6.29 Å². The van der Waals surface area contributed by atoms with Crippen LogP contribution in [0.15, 0.2) is 0 Å². The predicted molar refractivity (Wildman–Crippen MR) is 72.7 cm³/mol. The van der Waals surface area contributed by atoms with Gasteiger partial charge in [-0.2, -0.15) is 0 Å². The Hall–Kier alpha value is -0.860. The standard InChI is InChI=1S/C7H12O.C5H11NO.C2H6/c8-6-7-4-2-1-3-5-7;1-2-3-4-5(6)7;1-2/h6-7H,1-5H2;2-4H2,1H3,(H2,6,7);1-2H3. The molecular weight excluding hydrogens is 214 g/mol. The van der Waals surface area contributed by atoms with E-state index in [0.29, 0.717) is 12.3 Å². The Morgan fingerprint density at radius 1 is 1.24 bits per heavy atom. The van der Waals surface area contributed by atoms with Gasteiger partial charge in [0.2, 0.25) is 5.91 Å². The van der Waals surface area contributed by atoms with Gasteiger partial charge in [-0.25, -0.2) is 0 Å². The summed E-state index contributed by atoms with van der Waals surface area (Å²) in [5, 5.41) is 0. The molecule has 0 aliphatic heterocycles. The molecular formula is C14H29NO2. The summed E-state index contributed by atoms with van der Waals surface area (Å²) >= 11 is 0. The quantitative estimate of drug-likeness (QED) is 0.769. The van der Waals surface area contributed by atoms with Crippen molar-refractivity contribution in [2.24, 2.45) is 11.7 Å². The monoisotopic (exact) mass is 243 g/mol. The lowest BCUT2D eigenvalue weighted by atomic mass is 9.91. The van der Waals surface area contributed by atoms with Crippen LogP contribution in [0.3, 0.4) is 0 Å². The predicted octanol–water partition coefficient (Wildman–Crippen LogP) is 3.45. The Balaban J connectivity index is 0. The van der Waals surface area contributed by atoms with E-state index in [1.54, 1.807) is 0 Å². The molecule has 0 heterocycles. The molecule has 0 aromatic heterocycles. The lowest BCUT2D eigenvalue weighted by molar-refractivity contribution is -0.118. The van der Waals surface area contributed by atoms with Crippen LogP contribution >= 0.6 is 0 Å². The van der Waals surface area contributed by atoms with Crippen LogP contribution in [0, 0.1) is 5.92 Å². The minimum Gasteiger partial charge on any atom is -0.370 e. The lowest BCUT2D eigenvalue weighted by Crippen LogP contribution is -2.09. The van der Waals surface area contributed by atoms with E-state index < -0.39 is 0 Å². The first-order chi connectivity index (χ1) is 8.20. The molecule has 1 rings (SSSR count). The van der Waals surface area contributed by atoms with E-state index in [-0.39, 0.29) is 5.91 Å². The van der Waals surface area contributed by atoms with E-state index in [4.69, 9.17) is 5.73 Å². The molecule has 1 saturated carbocycles. The maximum absolute atomic E-state index is 10.2. The number of hydrogen-bond donors (Lipinski definition) is 1. The zero-order valence-electron chi connectivity index (χ0n) is 11.7. The van der Waals surface area contributed by atoms with Gasteiger partial charge >= 0.3 is 0 Å². The van der Waals surface area contributed by atoms with Crippen molar-refractivity contribution in [1.29, 1.82) is 0 Å². The summed E-state index contributed by atoms with van der Waals surface area (Å²) in [7, 11) is 0. The third-order valence-electron chi connectivity index (χ3n) is 2.62. The number of carbonyl (C=O) groups excluding carboxylic acids is 2. The average molecular weight is 243 g/mol. The summed E-state index contributed by atoms with van der Waals surface area (Å²) in [5.41, 5.74) is 4.84. The van der Waals surface area contributed by atoms with Gasteiger partial charge in [0.15, 0.2) is 0 Å². The van der Waals surface area contributed by atoms with Crippen molar-refractivity contribution in [2.75, 3.05) is 0 Å². The van der Waals surface area contributed by atoms with Crippen molar-refractivity contribution in [3.05, 3.63) is 0 Å². The van der Waals surface area contributed by atoms with Crippen molar-refractivity contribution < 1.29 is 9.59 Å². The van der Waals surface area contributed by atoms with E-state index in [0.717, 1.165) is 32.0 Å². The third-order valence-corrected chi connectivity index (χ3v) is 2.62. The number of hydrogen-bond acceptors (Lipinski definition) is 2. The molecule has 0 spiro atoms. The van der Waals surface area contributed by atoms with Crippen LogP contribution in [0.2, 0.25) is 0 Å². The zero-order valence-corrected chi connectivity index (χ0v) is 11.7. The fourth-order valence-corrected chi connectivity index (χ4v) is 1.62. The Labute approximate surface area is 106 Å². The number of unbranched alkanes of at least 4 members (excludes halogenated alkanes) is 1. The van der Waals surface area contributed by atoms with E-state index in [1.165, 1.54) is 19.3 Å². The average Bonchev–Trinajstić information content (AvgIpc) is 2.40. The third kappa shape index (κ3) is 15.1. The number of amides is 1. The van der Waals surface area contributed by atoms with Crippen LogP contribution in [-0.2, 0) is 9.59 Å². The SMILES string of the molecule is CC.CCCCC(N)=O.O=CC1CCCCC1. The highest BCUT2D eigenvalue weighted by atomic mass is 16.1. The highest BCUT2D eigenvalue weighted by molar-refractivity contribution is 5.73. The van der Waals surface area contributed by atoms with Crippen molar-refractivity contribution >= 4 is 12.2 Å². The van der Waals surface area contributed by atoms with Gasteiger partial charge in [0.05, 0.1) is 0 Å². The summed E-state index contributed by atoms with van der Waals surface area (Å²) in [4.78, 5) is 20.1. The van der Waals surface area contributed by atoms with Crippen LogP contribution in [0.1, 0.15) is 72.1 Å². The summed E-state index contributed by atoms with van der Waals surface area (Å²) < 4.78 is 0. The number of aldehydes is 1. The molecule has 1 aliphatic rings. The van der Waals surface area contributed by atoms with Gasteiger partial charge in [-0.05, 0) is 19.3 Å². The fraction of sp³-hybridized carbons (Fsp3) is 0.857. The van der Waals surface area contributed by atoms with Crippen molar-refractivity contribution in [3.63, 3.8) is 0 Å². The first-order valence-electron chi connectivity index (χ1n) is 6.94. The molecule has 0 unspecified atom stereocenters. The molecule has 0 saturated heterocycles. The summed E-state index contributed by atoms with van der Waals surface area (Å²) in [6, 6.07) is 0. The van der Waals surface area contributed by atoms with Gasteiger partial charge < -0.3 is 10.5 Å². The Bertz CT molecular complexity index is 175. The summed E-state index contributed by atoms with van der Waals surface area (Å²) in [6.45, 7) is 6.03. The summed E-state index contributed by atoms with van der Waals surface area (Å²) in [5.74, 6) is 0.214. The Morgan fingerprint density at radius 3 is 2.00 bits per heavy atom. The zero-order chi connectivity index (χ0) is 13.5. The second-order valence-corrected chi connectivity index (χ2v) is 4.10. The second kappa shape index (κ2) is 15.1. The Morgan fingerprint density at radius 2 is 1.76 bits per heavy atom. The minimum atomic E-state index is -0.193. The molecule has 3 heteroatoms. The second-order valence-electron chi connectivity index (χ2n) is 4.10. The number of rotatable bonds is 4. The van der Waals surface area contributed by atoms with Gasteiger partial charge in [0, 0.05) is 12.3 Å². The number of carbonyl (C=O) groups is 2. The molecule has 102 valence electrons. The molecule has 1 fully saturated rings. The Kier molecular flexibility index (Phi) is 16.5. The minimum absolute atomic E-state index is 0.193. The molecule has 17 heavy (non-hydrogen) atoms. The van der Waals surface area contributed by atoms with Crippen LogP contribution in [-0.4, -0.2) is 12.2 Å². The van der Waals surface area contributed by atoms with Crippen molar-refractivity contribution in [3.8, 4) is 0 Å². The molecule has 0 radical (unpaired) electrons.